The van der Waals surface area contributed by atoms with Crippen LogP contribution >= 0.6 is 0 Å². The molecular weight excluding hydrogens is 392 g/mol. The first kappa shape index (κ1) is 19.9. The van der Waals surface area contributed by atoms with Gasteiger partial charge in [0, 0.05) is 23.6 Å². The number of anilines is 2. The molecular formula is C19H14F4N4O2. The molecule has 0 aliphatic rings. The molecule has 3 rings (SSSR count). The smallest absolute Gasteiger partial charge is 0.366 e. The van der Waals surface area contributed by atoms with Crippen LogP contribution in [0.1, 0.15) is 15.9 Å². The van der Waals surface area contributed by atoms with E-state index in [1.807, 2.05) is 5.32 Å². The van der Waals surface area contributed by atoms with Crippen LogP contribution in [0.5, 0.6) is 0 Å². The standard InChI is InChI=1S/C19H14F4N4O2/c20-15-6-3-11(19(21,22)23)7-16(15)27-18(29)26-12-4-1-10(2-5-12)13-8-25-9-14(13)17(24)28/h1-9,25H,(H2,24,28)(H2,26,27,29). The third-order valence-corrected chi connectivity index (χ3v) is 4.01. The maximum absolute atomic E-state index is 13.7. The zero-order valence-corrected chi connectivity index (χ0v) is 14.6. The number of aromatic nitrogens is 1. The minimum atomic E-state index is -4.67. The largest absolute Gasteiger partial charge is 0.416 e. The molecule has 10 heteroatoms. The molecule has 0 aliphatic heterocycles. The van der Waals surface area contributed by atoms with Crippen LogP contribution in [0.3, 0.4) is 0 Å². The van der Waals surface area contributed by atoms with E-state index in [0.29, 0.717) is 40.6 Å². The molecule has 150 valence electrons. The highest BCUT2D eigenvalue weighted by Crippen LogP contribution is 2.32. The number of nitrogens with two attached hydrogens (primary N) is 1. The first-order valence-electron chi connectivity index (χ1n) is 8.17. The van der Waals surface area contributed by atoms with Crippen LogP contribution in [0.15, 0.2) is 54.9 Å². The van der Waals surface area contributed by atoms with Gasteiger partial charge in [-0.05, 0) is 35.9 Å². The Hall–Kier alpha value is -3.82. The van der Waals surface area contributed by atoms with Crippen molar-refractivity contribution in [1.29, 1.82) is 0 Å². The maximum atomic E-state index is 13.7. The predicted molar refractivity (Wildman–Crippen MR) is 98.8 cm³/mol. The molecule has 0 bridgehead atoms. The second kappa shape index (κ2) is 7.66. The van der Waals surface area contributed by atoms with E-state index in [1.165, 1.54) is 18.3 Å². The van der Waals surface area contributed by atoms with Crippen molar-refractivity contribution < 1.29 is 27.2 Å². The van der Waals surface area contributed by atoms with Crippen LogP contribution in [0.25, 0.3) is 11.1 Å². The van der Waals surface area contributed by atoms with E-state index >= 15 is 0 Å². The fourth-order valence-electron chi connectivity index (χ4n) is 2.62. The van der Waals surface area contributed by atoms with Crippen LogP contribution in [0.4, 0.5) is 33.7 Å². The molecule has 3 amide bonds. The Balaban J connectivity index is 1.72. The van der Waals surface area contributed by atoms with Crippen molar-refractivity contribution in [3.8, 4) is 11.1 Å². The van der Waals surface area contributed by atoms with Crippen molar-refractivity contribution in [2.75, 3.05) is 10.6 Å². The first-order valence-corrected chi connectivity index (χ1v) is 8.17. The summed E-state index contributed by atoms with van der Waals surface area (Å²) < 4.78 is 51.9. The molecule has 0 radical (unpaired) electrons. The Kier molecular flexibility index (Phi) is 5.26. The highest BCUT2D eigenvalue weighted by molar-refractivity contribution is 6.01. The second-order valence-corrected chi connectivity index (χ2v) is 6.00. The Bertz CT molecular complexity index is 1060. The van der Waals surface area contributed by atoms with Crippen LogP contribution < -0.4 is 16.4 Å². The molecule has 1 aromatic heterocycles. The monoisotopic (exact) mass is 406 g/mol. The number of alkyl halides is 3. The summed E-state index contributed by atoms with van der Waals surface area (Å²) in [5, 5.41) is 4.43. The molecule has 0 aliphatic carbocycles. The predicted octanol–water partition coefficient (Wildman–Crippen LogP) is 4.58. The molecule has 0 saturated heterocycles. The van der Waals surface area contributed by atoms with Gasteiger partial charge in [0.15, 0.2) is 0 Å². The highest BCUT2D eigenvalue weighted by Gasteiger charge is 2.31. The summed E-state index contributed by atoms with van der Waals surface area (Å²) >= 11 is 0. The summed E-state index contributed by atoms with van der Waals surface area (Å²) in [6.07, 6.45) is -1.62. The number of H-pyrrole nitrogens is 1. The van der Waals surface area contributed by atoms with E-state index in [9.17, 15) is 27.2 Å². The minimum Gasteiger partial charge on any atom is -0.366 e. The SMILES string of the molecule is NC(=O)c1c[nH]cc1-c1ccc(NC(=O)Nc2cc(C(F)(F)F)ccc2F)cc1. The van der Waals surface area contributed by atoms with Gasteiger partial charge in [-0.3, -0.25) is 4.79 Å². The lowest BCUT2D eigenvalue weighted by molar-refractivity contribution is -0.137. The van der Waals surface area contributed by atoms with Gasteiger partial charge in [0.25, 0.3) is 5.91 Å². The molecule has 0 spiro atoms. The quantitative estimate of drug-likeness (QED) is 0.477. The number of rotatable bonds is 4. The highest BCUT2D eigenvalue weighted by atomic mass is 19.4. The number of nitrogens with one attached hydrogen (secondary N) is 3. The Morgan fingerprint density at radius 1 is 0.966 bits per heavy atom. The number of halogens is 4. The van der Waals surface area contributed by atoms with E-state index in [2.05, 4.69) is 10.3 Å². The Labute approximate surface area is 161 Å². The molecule has 5 N–H and O–H groups in total. The first-order chi connectivity index (χ1) is 13.6. The molecule has 6 nitrogen and oxygen atoms in total. The third-order valence-electron chi connectivity index (χ3n) is 4.01. The van der Waals surface area contributed by atoms with Gasteiger partial charge in [-0.1, -0.05) is 12.1 Å². The Morgan fingerprint density at radius 3 is 2.28 bits per heavy atom. The van der Waals surface area contributed by atoms with E-state index in [1.54, 1.807) is 18.3 Å². The molecule has 0 fully saturated rings. The fourth-order valence-corrected chi connectivity index (χ4v) is 2.62. The number of urea groups is 1. The molecule has 0 saturated carbocycles. The lowest BCUT2D eigenvalue weighted by Gasteiger charge is -2.12. The number of carbonyl (C=O) groups is 2. The van der Waals surface area contributed by atoms with Crippen molar-refractivity contribution >= 4 is 23.3 Å². The average molecular weight is 406 g/mol. The summed E-state index contributed by atoms with van der Waals surface area (Å²) in [6, 6.07) is 7.03. The number of primary amides is 1. The Morgan fingerprint density at radius 2 is 1.66 bits per heavy atom. The molecule has 29 heavy (non-hydrogen) atoms. The molecule has 1 heterocycles. The lowest BCUT2D eigenvalue weighted by Crippen LogP contribution is -2.20. The summed E-state index contributed by atoms with van der Waals surface area (Å²) in [4.78, 5) is 26.2. The molecule has 3 aromatic rings. The number of amides is 3. The van der Waals surface area contributed by atoms with Gasteiger partial charge in [-0.25, -0.2) is 9.18 Å². The van der Waals surface area contributed by atoms with Crippen LogP contribution in [0, 0.1) is 5.82 Å². The number of hydrogen-bond acceptors (Lipinski definition) is 2. The molecule has 2 aromatic carbocycles. The zero-order chi connectivity index (χ0) is 21.2. The number of hydrogen-bond donors (Lipinski definition) is 4. The van der Waals surface area contributed by atoms with Crippen LogP contribution in [-0.4, -0.2) is 16.9 Å². The topological polar surface area (TPSA) is 100 Å². The minimum absolute atomic E-state index is 0.295. The van der Waals surface area contributed by atoms with Crippen molar-refractivity contribution in [2.24, 2.45) is 5.73 Å². The normalized spacial score (nSPS) is 11.2. The maximum Gasteiger partial charge on any atom is 0.416 e. The van der Waals surface area contributed by atoms with Crippen molar-refractivity contribution in [1.82, 2.24) is 4.98 Å². The van der Waals surface area contributed by atoms with Gasteiger partial charge in [0.05, 0.1) is 16.8 Å². The van der Waals surface area contributed by atoms with Crippen LogP contribution in [-0.2, 0) is 6.18 Å². The lowest BCUT2D eigenvalue weighted by atomic mass is 10.0. The molecule has 0 unspecified atom stereocenters. The van der Waals surface area contributed by atoms with Gasteiger partial charge in [-0.15, -0.1) is 0 Å². The summed E-state index contributed by atoms with van der Waals surface area (Å²) in [5.74, 6) is -1.61. The van der Waals surface area contributed by atoms with E-state index in [4.69, 9.17) is 5.73 Å². The number of carbonyl (C=O) groups excluding carboxylic acids is 2. The van der Waals surface area contributed by atoms with E-state index < -0.39 is 35.2 Å². The van der Waals surface area contributed by atoms with Gasteiger partial charge >= 0.3 is 12.2 Å². The van der Waals surface area contributed by atoms with Crippen molar-refractivity contribution in [3.63, 3.8) is 0 Å². The van der Waals surface area contributed by atoms with Gasteiger partial charge < -0.3 is 21.4 Å². The summed E-state index contributed by atoms with van der Waals surface area (Å²) in [7, 11) is 0. The van der Waals surface area contributed by atoms with Gasteiger partial charge in [0.2, 0.25) is 0 Å². The zero-order valence-electron chi connectivity index (χ0n) is 14.6. The van der Waals surface area contributed by atoms with Gasteiger partial charge in [-0.2, -0.15) is 13.2 Å². The number of aromatic amines is 1. The molecule has 0 atom stereocenters. The van der Waals surface area contributed by atoms with Crippen LogP contribution in [0.2, 0.25) is 0 Å². The summed E-state index contributed by atoms with van der Waals surface area (Å²) in [5.41, 5.74) is 5.41. The number of benzene rings is 2. The third kappa shape index (κ3) is 4.54. The second-order valence-electron chi connectivity index (χ2n) is 6.00. The van der Waals surface area contributed by atoms with E-state index in [0.717, 1.165) is 0 Å². The van der Waals surface area contributed by atoms with E-state index in [-0.39, 0.29) is 0 Å². The summed E-state index contributed by atoms with van der Waals surface area (Å²) in [6.45, 7) is 0. The van der Waals surface area contributed by atoms with Crippen molar-refractivity contribution in [2.45, 2.75) is 6.18 Å². The van der Waals surface area contributed by atoms with Gasteiger partial charge in [0.1, 0.15) is 5.82 Å². The fraction of sp³-hybridized carbons (Fsp3) is 0.0526. The average Bonchev–Trinajstić information content (AvgIpc) is 3.13. The van der Waals surface area contributed by atoms with Crippen molar-refractivity contribution in [3.05, 3.63) is 71.8 Å².